The number of hydrogen-bond acceptors (Lipinski definition) is 2. The van der Waals surface area contributed by atoms with Crippen molar-refractivity contribution in [3.8, 4) is 0 Å². The monoisotopic (exact) mass is 301 g/mol. The Labute approximate surface area is 110 Å². The van der Waals surface area contributed by atoms with E-state index in [1.54, 1.807) is 12.1 Å². The molecule has 0 aliphatic carbocycles. The fraction of sp³-hybridized carbons (Fsp3) is 0.538. The lowest BCUT2D eigenvalue weighted by Gasteiger charge is -2.23. The zero-order valence-corrected chi connectivity index (χ0v) is 11.3. The van der Waals surface area contributed by atoms with Gasteiger partial charge >= 0.3 is 0 Å². The highest BCUT2D eigenvalue weighted by molar-refractivity contribution is 9.10. The zero-order valence-electron chi connectivity index (χ0n) is 9.72. The van der Waals surface area contributed by atoms with Gasteiger partial charge in [-0.15, -0.1) is 0 Å². The van der Waals surface area contributed by atoms with Crippen LogP contribution < -0.4 is 5.32 Å². The van der Waals surface area contributed by atoms with Crippen LogP contribution in [0.25, 0.3) is 0 Å². The van der Waals surface area contributed by atoms with Crippen LogP contribution in [0.4, 0.5) is 4.39 Å². The molecule has 2 nitrogen and oxygen atoms in total. The normalized spacial score (nSPS) is 20.5. The maximum absolute atomic E-state index is 13.4. The molecule has 1 heterocycles. The molecule has 0 saturated carbocycles. The van der Waals surface area contributed by atoms with Crippen LogP contribution in [-0.4, -0.2) is 19.2 Å². The minimum Gasteiger partial charge on any atom is -0.375 e. The van der Waals surface area contributed by atoms with E-state index >= 15 is 0 Å². The number of piperidine rings is 1. The summed E-state index contributed by atoms with van der Waals surface area (Å²) in [6.45, 7) is 2.06. The average molecular weight is 302 g/mol. The Bertz CT molecular complexity index is 366. The van der Waals surface area contributed by atoms with Crippen LogP contribution in [0.2, 0.25) is 0 Å². The molecule has 0 aromatic heterocycles. The fourth-order valence-corrected chi connectivity index (χ4v) is 2.44. The first-order chi connectivity index (χ1) is 8.25. The lowest BCUT2D eigenvalue weighted by atomic mass is 10.1. The molecule has 1 aromatic carbocycles. The highest BCUT2D eigenvalue weighted by Crippen LogP contribution is 2.16. The van der Waals surface area contributed by atoms with Crippen molar-refractivity contribution in [3.05, 3.63) is 34.1 Å². The highest BCUT2D eigenvalue weighted by atomic mass is 79.9. The lowest BCUT2D eigenvalue weighted by molar-refractivity contribution is 0.0892. The van der Waals surface area contributed by atoms with Crippen molar-refractivity contribution in [2.24, 2.45) is 0 Å². The van der Waals surface area contributed by atoms with Gasteiger partial charge in [-0.3, -0.25) is 0 Å². The molecule has 4 heteroatoms. The zero-order chi connectivity index (χ0) is 12.1. The first kappa shape index (κ1) is 13.0. The molecule has 0 radical (unpaired) electrons. The summed E-state index contributed by atoms with van der Waals surface area (Å²) in [4.78, 5) is 0. The lowest BCUT2D eigenvalue weighted by Crippen LogP contribution is -2.37. The average Bonchev–Trinajstić information content (AvgIpc) is 2.35. The molecule has 1 aromatic rings. The Balaban J connectivity index is 1.79. The number of hydrogen-bond donors (Lipinski definition) is 1. The Morgan fingerprint density at radius 3 is 3.06 bits per heavy atom. The van der Waals surface area contributed by atoms with Crippen molar-refractivity contribution in [1.82, 2.24) is 5.32 Å². The van der Waals surface area contributed by atoms with Crippen LogP contribution in [0, 0.1) is 5.82 Å². The van der Waals surface area contributed by atoms with Crippen molar-refractivity contribution in [1.29, 1.82) is 0 Å². The maximum atomic E-state index is 13.4. The Kier molecular flexibility index (Phi) is 4.95. The van der Waals surface area contributed by atoms with E-state index in [2.05, 4.69) is 21.2 Å². The Hall–Kier alpha value is -0.450. The smallest absolute Gasteiger partial charge is 0.128 e. The molecule has 1 aliphatic rings. The van der Waals surface area contributed by atoms with E-state index < -0.39 is 0 Å². The second kappa shape index (κ2) is 6.47. The largest absolute Gasteiger partial charge is 0.375 e. The van der Waals surface area contributed by atoms with Crippen molar-refractivity contribution < 1.29 is 9.13 Å². The summed E-state index contributed by atoms with van der Waals surface area (Å²) < 4.78 is 19.9. The van der Waals surface area contributed by atoms with Crippen molar-refractivity contribution in [2.75, 3.05) is 13.2 Å². The van der Waals surface area contributed by atoms with Gasteiger partial charge < -0.3 is 10.1 Å². The Morgan fingerprint density at radius 1 is 1.41 bits per heavy atom. The number of nitrogens with one attached hydrogen (secondary N) is 1. The van der Waals surface area contributed by atoms with Crippen LogP contribution in [0.15, 0.2) is 22.7 Å². The van der Waals surface area contributed by atoms with E-state index in [-0.39, 0.29) is 5.82 Å². The molecule has 0 bridgehead atoms. The van der Waals surface area contributed by atoms with Crippen molar-refractivity contribution in [3.63, 3.8) is 0 Å². The molecule has 1 fully saturated rings. The molecule has 1 unspecified atom stereocenters. The molecular weight excluding hydrogens is 285 g/mol. The standard InChI is InChI=1S/C13H17BrFNO/c14-11-4-5-13(15)10(7-11)8-17-9-12-3-1-2-6-16-12/h4-5,7,12,16H,1-3,6,8-9H2. The fourth-order valence-electron chi connectivity index (χ4n) is 2.03. The molecule has 0 amide bonds. The van der Waals surface area contributed by atoms with Crippen LogP contribution in [0.3, 0.4) is 0 Å². The summed E-state index contributed by atoms with van der Waals surface area (Å²) in [6, 6.07) is 5.35. The molecular formula is C13H17BrFNO. The molecule has 0 spiro atoms. The van der Waals surface area contributed by atoms with E-state index in [9.17, 15) is 4.39 Å². The third kappa shape index (κ3) is 4.05. The van der Waals surface area contributed by atoms with E-state index in [1.165, 1.54) is 18.9 Å². The predicted octanol–water partition coefficient (Wildman–Crippen LogP) is 3.25. The van der Waals surface area contributed by atoms with Gasteiger partial charge in [-0.25, -0.2) is 4.39 Å². The topological polar surface area (TPSA) is 21.3 Å². The van der Waals surface area contributed by atoms with Crippen molar-refractivity contribution in [2.45, 2.75) is 31.9 Å². The summed E-state index contributed by atoms with van der Waals surface area (Å²) in [7, 11) is 0. The van der Waals surface area contributed by atoms with Gasteiger partial charge in [-0.1, -0.05) is 22.4 Å². The first-order valence-corrected chi connectivity index (χ1v) is 6.80. The van der Waals surface area contributed by atoms with Crippen LogP contribution in [0.1, 0.15) is 24.8 Å². The number of benzene rings is 1. The Morgan fingerprint density at radius 2 is 2.29 bits per heavy atom. The van der Waals surface area contributed by atoms with Crippen molar-refractivity contribution >= 4 is 15.9 Å². The van der Waals surface area contributed by atoms with E-state index in [1.807, 2.05) is 0 Å². The summed E-state index contributed by atoms with van der Waals surface area (Å²) in [5, 5.41) is 3.40. The number of ether oxygens (including phenoxy) is 1. The van der Waals surface area contributed by atoms with Crippen LogP contribution in [0.5, 0.6) is 0 Å². The number of halogens is 2. The third-order valence-electron chi connectivity index (χ3n) is 3.00. The van der Waals surface area contributed by atoms with Gasteiger partial charge in [0, 0.05) is 16.1 Å². The first-order valence-electron chi connectivity index (χ1n) is 6.01. The van der Waals surface area contributed by atoms with Gasteiger partial charge in [-0.05, 0) is 37.6 Å². The summed E-state index contributed by atoms with van der Waals surface area (Å²) >= 11 is 3.33. The molecule has 1 saturated heterocycles. The second-order valence-electron chi connectivity index (χ2n) is 4.40. The maximum Gasteiger partial charge on any atom is 0.128 e. The van der Waals surface area contributed by atoms with Crippen LogP contribution in [-0.2, 0) is 11.3 Å². The second-order valence-corrected chi connectivity index (χ2v) is 5.31. The summed E-state index contributed by atoms with van der Waals surface area (Å²) in [5.74, 6) is -0.204. The predicted molar refractivity (Wildman–Crippen MR) is 69.4 cm³/mol. The van der Waals surface area contributed by atoms with E-state index in [0.29, 0.717) is 24.8 Å². The quantitative estimate of drug-likeness (QED) is 0.922. The van der Waals surface area contributed by atoms with E-state index in [0.717, 1.165) is 17.4 Å². The molecule has 94 valence electrons. The molecule has 2 rings (SSSR count). The van der Waals surface area contributed by atoms with Gasteiger partial charge in [0.1, 0.15) is 5.82 Å². The van der Waals surface area contributed by atoms with Crippen LogP contribution >= 0.6 is 15.9 Å². The summed E-state index contributed by atoms with van der Waals surface area (Å²) in [5.41, 5.74) is 0.607. The minimum atomic E-state index is -0.204. The summed E-state index contributed by atoms with van der Waals surface area (Å²) in [6.07, 6.45) is 3.66. The molecule has 1 atom stereocenters. The SMILES string of the molecule is Fc1ccc(Br)cc1COCC1CCCCN1. The van der Waals surface area contributed by atoms with Gasteiger partial charge in [0.25, 0.3) is 0 Å². The highest BCUT2D eigenvalue weighted by Gasteiger charge is 2.12. The number of rotatable bonds is 4. The molecule has 1 aliphatic heterocycles. The van der Waals surface area contributed by atoms with Gasteiger partial charge in [0.05, 0.1) is 13.2 Å². The van der Waals surface area contributed by atoms with E-state index in [4.69, 9.17) is 4.74 Å². The van der Waals surface area contributed by atoms with Gasteiger partial charge in [-0.2, -0.15) is 0 Å². The van der Waals surface area contributed by atoms with Gasteiger partial charge in [0.2, 0.25) is 0 Å². The molecule has 17 heavy (non-hydrogen) atoms. The van der Waals surface area contributed by atoms with Gasteiger partial charge in [0.15, 0.2) is 0 Å². The third-order valence-corrected chi connectivity index (χ3v) is 3.49. The molecule has 1 N–H and O–H groups in total. The minimum absolute atomic E-state index is 0.204.